The van der Waals surface area contributed by atoms with Gasteiger partial charge in [0.25, 0.3) is 5.91 Å². The molecule has 0 spiro atoms. The van der Waals surface area contributed by atoms with Crippen molar-refractivity contribution in [3.63, 3.8) is 0 Å². The van der Waals surface area contributed by atoms with Crippen molar-refractivity contribution in [2.45, 2.75) is 0 Å². The summed E-state index contributed by atoms with van der Waals surface area (Å²) in [6.07, 6.45) is 0.972. The fourth-order valence-electron chi connectivity index (χ4n) is 0.735. The van der Waals surface area contributed by atoms with Gasteiger partial charge in [-0.15, -0.1) is 11.3 Å². The fraction of sp³-hybridized carbons (Fsp3) is 0.286. The molecule has 0 aromatic carbocycles. The van der Waals surface area contributed by atoms with E-state index in [9.17, 15) is 13.2 Å². The van der Waals surface area contributed by atoms with Crippen LogP contribution in [0, 0.1) is 0 Å². The summed E-state index contributed by atoms with van der Waals surface area (Å²) in [4.78, 5) is 11.8. The highest BCUT2D eigenvalue weighted by atomic mass is 35.5. The van der Waals surface area contributed by atoms with Crippen LogP contribution in [0.5, 0.6) is 0 Å². The normalized spacial score (nSPS) is 11.4. The molecule has 0 aliphatic heterocycles. The Morgan fingerprint density at radius 1 is 1.50 bits per heavy atom. The SMILES string of the molecule is CN(C(=O)c1ccc(Cl)s1)S(C)(=O)=O. The second-order valence-corrected chi connectivity index (χ2v) is 6.37. The van der Waals surface area contributed by atoms with Gasteiger partial charge in [0.05, 0.1) is 15.5 Å². The molecule has 0 atom stereocenters. The van der Waals surface area contributed by atoms with Crippen molar-refractivity contribution in [1.82, 2.24) is 4.31 Å². The lowest BCUT2D eigenvalue weighted by Gasteiger charge is -2.12. The van der Waals surface area contributed by atoms with Gasteiger partial charge in [0.2, 0.25) is 10.0 Å². The lowest BCUT2D eigenvalue weighted by Crippen LogP contribution is -2.31. The van der Waals surface area contributed by atoms with E-state index in [0.717, 1.165) is 17.6 Å². The third-order valence-corrected chi connectivity index (χ3v) is 3.95. The maximum Gasteiger partial charge on any atom is 0.277 e. The van der Waals surface area contributed by atoms with Crippen LogP contribution in [-0.4, -0.2) is 31.9 Å². The van der Waals surface area contributed by atoms with Gasteiger partial charge in [-0.2, -0.15) is 0 Å². The minimum absolute atomic E-state index is 0.308. The van der Waals surface area contributed by atoms with E-state index < -0.39 is 15.9 Å². The van der Waals surface area contributed by atoms with E-state index in [0.29, 0.717) is 13.5 Å². The van der Waals surface area contributed by atoms with Crippen molar-refractivity contribution in [2.75, 3.05) is 13.3 Å². The number of hydrogen-bond acceptors (Lipinski definition) is 4. The lowest BCUT2D eigenvalue weighted by molar-refractivity contribution is 0.0888. The van der Waals surface area contributed by atoms with Gasteiger partial charge in [0.1, 0.15) is 0 Å². The zero-order chi connectivity index (χ0) is 10.9. The first-order valence-corrected chi connectivity index (χ1v) is 6.60. The molecule has 1 aromatic rings. The number of hydrogen-bond donors (Lipinski definition) is 0. The number of nitrogens with zero attached hydrogens (tertiary/aromatic N) is 1. The van der Waals surface area contributed by atoms with E-state index in [-0.39, 0.29) is 0 Å². The molecule has 0 saturated carbocycles. The Labute approximate surface area is 91.2 Å². The van der Waals surface area contributed by atoms with Gasteiger partial charge < -0.3 is 0 Å². The highest BCUT2D eigenvalue weighted by Crippen LogP contribution is 2.22. The van der Waals surface area contributed by atoms with E-state index in [1.165, 1.54) is 13.1 Å². The number of carbonyl (C=O) groups excluding carboxylic acids is 1. The summed E-state index contributed by atoms with van der Waals surface area (Å²) in [7, 11) is -2.28. The first kappa shape index (κ1) is 11.5. The molecule has 0 aliphatic carbocycles. The van der Waals surface area contributed by atoms with Crippen LogP contribution in [0.4, 0.5) is 0 Å². The molecule has 0 unspecified atom stereocenters. The first-order valence-electron chi connectivity index (χ1n) is 3.56. The zero-order valence-corrected chi connectivity index (χ0v) is 9.91. The zero-order valence-electron chi connectivity index (χ0n) is 7.52. The van der Waals surface area contributed by atoms with Crippen LogP contribution in [0.15, 0.2) is 12.1 Å². The van der Waals surface area contributed by atoms with Crippen molar-refractivity contribution >= 4 is 38.9 Å². The predicted molar refractivity (Wildman–Crippen MR) is 56.3 cm³/mol. The highest BCUT2D eigenvalue weighted by molar-refractivity contribution is 7.88. The summed E-state index contributed by atoms with van der Waals surface area (Å²) in [5, 5.41) is 0. The smallest absolute Gasteiger partial charge is 0.267 e. The quantitative estimate of drug-likeness (QED) is 0.801. The molecule has 1 rings (SSSR count). The summed E-state index contributed by atoms with van der Waals surface area (Å²) >= 11 is 6.67. The lowest BCUT2D eigenvalue weighted by atomic mass is 10.4. The maximum atomic E-state index is 11.5. The maximum absolute atomic E-state index is 11.5. The molecule has 0 N–H and O–H groups in total. The Balaban J connectivity index is 2.98. The van der Waals surface area contributed by atoms with Crippen LogP contribution in [-0.2, 0) is 10.0 Å². The molecule has 0 bridgehead atoms. The summed E-state index contributed by atoms with van der Waals surface area (Å²) in [6.45, 7) is 0. The molecule has 4 nitrogen and oxygen atoms in total. The van der Waals surface area contributed by atoms with Crippen molar-refractivity contribution in [2.24, 2.45) is 0 Å². The second-order valence-electron chi connectivity index (χ2n) is 2.64. The Bertz CT molecular complexity index is 451. The van der Waals surface area contributed by atoms with Crippen LogP contribution in [0.3, 0.4) is 0 Å². The molecule has 0 aliphatic rings. The second kappa shape index (κ2) is 3.88. The van der Waals surface area contributed by atoms with Crippen molar-refractivity contribution in [3.05, 3.63) is 21.3 Å². The monoisotopic (exact) mass is 253 g/mol. The Morgan fingerprint density at radius 3 is 2.43 bits per heavy atom. The number of sulfonamides is 1. The van der Waals surface area contributed by atoms with Crippen LogP contribution in [0.1, 0.15) is 9.67 Å². The Hall–Kier alpha value is -0.590. The van der Waals surface area contributed by atoms with Gasteiger partial charge in [-0.25, -0.2) is 12.7 Å². The van der Waals surface area contributed by atoms with Crippen molar-refractivity contribution < 1.29 is 13.2 Å². The van der Waals surface area contributed by atoms with Crippen LogP contribution in [0.25, 0.3) is 0 Å². The predicted octanol–water partition coefficient (Wildman–Crippen LogP) is 1.43. The Kier molecular flexibility index (Phi) is 3.18. The molecule has 7 heteroatoms. The third-order valence-electron chi connectivity index (χ3n) is 1.57. The largest absolute Gasteiger partial charge is 0.277 e. The average molecular weight is 254 g/mol. The molecule has 78 valence electrons. The molecular formula is C7H8ClNO3S2. The average Bonchev–Trinajstić information content (AvgIpc) is 2.47. The molecule has 1 amide bonds. The molecular weight excluding hydrogens is 246 g/mol. The van der Waals surface area contributed by atoms with Gasteiger partial charge in [0, 0.05) is 7.05 Å². The van der Waals surface area contributed by atoms with E-state index in [4.69, 9.17) is 11.6 Å². The Morgan fingerprint density at radius 2 is 2.07 bits per heavy atom. The van der Waals surface area contributed by atoms with Crippen molar-refractivity contribution in [3.8, 4) is 0 Å². The van der Waals surface area contributed by atoms with Gasteiger partial charge in [-0.05, 0) is 12.1 Å². The van der Waals surface area contributed by atoms with Gasteiger partial charge in [-0.1, -0.05) is 11.6 Å². The fourth-order valence-corrected chi connectivity index (χ4v) is 2.21. The van der Waals surface area contributed by atoms with Crippen LogP contribution < -0.4 is 0 Å². The van der Waals surface area contributed by atoms with Crippen LogP contribution >= 0.6 is 22.9 Å². The van der Waals surface area contributed by atoms with E-state index in [2.05, 4.69) is 0 Å². The summed E-state index contributed by atoms with van der Waals surface area (Å²) < 4.78 is 23.2. The van der Waals surface area contributed by atoms with Gasteiger partial charge >= 0.3 is 0 Å². The minimum Gasteiger partial charge on any atom is -0.267 e. The first-order chi connectivity index (χ1) is 6.32. The standard InChI is InChI=1S/C7H8ClNO3S2/c1-9(14(2,11)12)7(10)5-3-4-6(8)13-5/h3-4H,1-2H3. The number of amides is 1. The van der Waals surface area contributed by atoms with E-state index >= 15 is 0 Å². The van der Waals surface area contributed by atoms with E-state index in [1.807, 2.05) is 0 Å². The summed E-state index contributed by atoms with van der Waals surface area (Å²) in [5.41, 5.74) is 0. The van der Waals surface area contributed by atoms with Crippen molar-refractivity contribution in [1.29, 1.82) is 0 Å². The molecule has 1 aromatic heterocycles. The third kappa shape index (κ3) is 2.46. The summed E-state index contributed by atoms with van der Waals surface area (Å²) in [6, 6.07) is 3.05. The van der Waals surface area contributed by atoms with Gasteiger partial charge in [0.15, 0.2) is 0 Å². The minimum atomic E-state index is -3.49. The van der Waals surface area contributed by atoms with Crippen LogP contribution in [0.2, 0.25) is 4.34 Å². The topological polar surface area (TPSA) is 54.5 Å². The molecule has 0 fully saturated rings. The number of halogens is 1. The molecule has 1 heterocycles. The van der Waals surface area contributed by atoms with Gasteiger partial charge in [-0.3, -0.25) is 4.79 Å². The molecule has 0 radical (unpaired) electrons. The number of rotatable bonds is 2. The summed E-state index contributed by atoms with van der Waals surface area (Å²) in [5.74, 6) is -0.565. The van der Waals surface area contributed by atoms with E-state index in [1.54, 1.807) is 6.07 Å². The highest BCUT2D eigenvalue weighted by Gasteiger charge is 2.21. The number of thiophene rings is 1. The number of carbonyl (C=O) groups is 1. The molecule has 14 heavy (non-hydrogen) atoms. The molecule has 0 saturated heterocycles.